The van der Waals surface area contributed by atoms with Crippen molar-refractivity contribution in [3.63, 3.8) is 0 Å². The van der Waals surface area contributed by atoms with Crippen molar-refractivity contribution in [1.82, 2.24) is 29.5 Å². The fraction of sp³-hybridized carbons (Fsp3) is 0.238. The third-order valence-corrected chi connectivity index (χ3v) is 5.58. The highest BCUT2D eigenvalue weighted by molar-refractivity contribution is 9.10. The van der Waals surface area contributed by atoms with E-state index in [0.29, 0.717) is 26.7 Å². The third-order valence-electron chi connectivity index (χ3n) is 4.91. The summed E-state index contributed by atoms with van der Waals surface area (Å²) in [6, 6.07) is 9.59. The van der Waals surface area contributed by atoms with Gasteiger partial charge in [-0.2, -0.15) is 23.4 Å². The average molecular weight is 526 g/mol. The lowest BCUT2D eigenvalue weighted by Crippen LogP contribution is -2.24. The minimum Gasteiger partial charge on any atom is -0.233 e. The van der Waals surface area contributed by atoms with Gasteiger partial charge >= 0.3 is 6.18 Å². The minimum atomic E-state index is -4.54. The molecule has 0 radical (unpaired) electrons. The standard InChI is InChI=1S/C21H17BrClF3N6/c1-12-4-6-31(29-12)19-11-14(23)10-17(28-19)20(2,3)16-8-13(22)9-18(27-16)32-7-5-15(30-32)21(24,25)26/h4-11H,1-3H3. The van der Waals surface area contributed by atoms with E-state index in [1.54, 1.807) is 35.1 Å². The van der Waals surface area contributed by atoms with Crippen LogP contribution in [0, 0.1) is 6.92 Å². The number of aromatic nitrogens is 6. The second-order valence-electron chi connectivity index (χ2n) is 7.73. The van der Waals surface area contributed by atoms with Crippen molar-refractivity contribution in [1.29, 1.82) is 0 Å². The molecular weight excluding hydrogens is 509 g/mol. The van der Waals surface area contributed by atoms with Crippen molar-refractivity contribution in [2.75, 3.05) is 0 Å². The third kappa shape index (κ3) is 4.42. The van der Waals surface area contributed by atoms with E-state index in [0.717, 1.165) is 16.4 Å². The lowest BCUT2D eigenvalue weighted by Gasteiger charge is -2.25. The molecule has 0 saturated heterocycles. The van der Waals surface area contributed by atoms with Gasteiger partial charge in [0.2, 0.25) is 0 Å². The minimum absolute atomic E-state index is 0.239. The zero-order valence-electron chi connectivity index (χ0n) is 17.2. The number of nitrogens with zero attached hydrogens (tertiary/aromatic N) is 6. The van der Waals surface area contributed by atoms with Crippen LogP contribution in [-0.2, 0) is 11.6 Å². The molecule has 0 unspecified atom stereocenters. The first-order valence-electron chi connectivity index (χ1n) is 9.45. The molecule has 0 spiro atoms. The average Bonchev–Trinajstić information content (AvgIpc) is 3.36. The first-order valence-corrected chi connectivity index (χ1v) is 10.6. The lowest BCUT2D eigenvalue weighted by molar-refractivity contribution is -0.141. The molecule has 0 aromatic carbocycles. The predicted octanol–water partition coefficient (Wildman–Crippen LogP) is 5.92. The Kier molecular flexibility index (Phi) is 5.62. The summed E-state index contributed by atoms with van der Waals surface area (Å²) in [7, 11) is 0. The second kappa shape index (κ2) is 8.00. The van der Waals surface area contributed by atoms with Crippen LogP contribution in [0.5, 0.6) is 0 Å². The highest BCUT2D eigenvalue weighted by Crippen LogP contribution is 2.34. The van der Waals surface area contributed by atoms with Gasteiger partial charge in [0.25, 0.3) is 0 Å². The molecule has 6 nitrogen and oxygen atoms in total. The molecule has 0 aliphatic heterocycles. The van der Waals surface area contributed by atoms with Gasteiger partial charge in [-0.05, 0) is 51.1 Å². The summed E-state index contributed by atoms with van der Waals surface area (Å²) < 4.78 is 42.3. The molecular formula is C21H17BrClF3N6. The Labute approximate surface area is 195 Å². The number of halogens is 5. The fourth-order valence-electron chi connectivity index (χ4n) is 3.12. The normalized spacial score (nSPS) is 12.4. The Morgan fingerprint density at radius 1 is 0.844 bits per heavy atom. The van der Waals surface area contributed by atoms with Gasteiger partial charge in [0.15, 0.2) is 17.3 Å². The molecule has 4 rings (SSSR count). The fourth-order valence-corrected chi connectivity index (χ4v) is 3.74. The molecule has 32 heavy (non-hydrogen) atoms. The maximum atomic E-state index is 13.0. The van der Waals surface area contributed by atoms with Gasteiger partial charge in [0, 0.05) is 33.4 Å². The quantitative estimate of drug-likeness (QED) is 0.332. The summed E-state index contributed by atoms with van der Waals surface area (Å²) in [5, 5.41) is 8.47. The maximum Gasteiger partial charge on any atom is 0.435 e. The molecule has 0 saturated carbocycles. The molecule has 0 aliphatic rings. The molecule has 4 aromatic rings. The van der Waals surface area contributed by atoms with Crippen molar-refractivity contribution in [2.45, 2.75) is 32.4 Å². The van der Waals surface area contributed by atoms with E-state index in [4.69, 9.17) is 16.6 Å². The molecule has 0 atom stereocenters. The Balaban J connectivity index is 1.78. The van der Waals surface area contributed by atoms with Crippen molar-refractivity contribution >= 4 is 27.5 Å². The number of aryl methyl sites for hydroxylation is 1. The maximum absolute atomic E-state index is 13.0. The van der Waals surface area contributed by atoms with E-state index < -0.39 is 17.3 Å². The van der Waals surface area contributed by atoms with E-state index in [1.807, 2.05) is 26.8 Å². The van der Waals surface area contributed by atoms with Crippen molar-refractivity contribution in [3.8, 4) is 11.6 Å². The summed E-state index contributed by atoms with van der Waals surface area (Å²) in [5.41, 5.74) is 0.309. The largest absolute Gasteiger partial charge is 0.435 e. The van der Waals surface area contributed by atoms with Crippen LogP contribution in [0.4, 0.5) is 13.2 Å². The van der Waals surface area contributed by atoms with Gasteiger partial charge in [-0.1, -0.05) is 27.5 Å². The number of hydrogen-bond acceptors (Lipinski definition) is 4. The zero-order chi connectivity index (χ0) is 23.3. The van der Waals surface area contributed by atoms with E-state index >= 15 is 0 Å². The SMILES string of the molecule is Cc1ccn(-c2cc(Cl)cc(C(C)(C)c3cc(Br)cc(-n4ccc(C(F)(F)F)n4)n3)n2)n1. The smallest absolute Gasteiger partial charge is 0.233 e. The monoisotopic (exact) mass is 524 g/mol. The summed E-state index contributed by atoms with van der Waals surface area (Å²) in [4.78, 5) is 9.30. The number of rotatable bonds is 4. The van der Waals surface area contributed by atoms with E-state index in [1.165, 1.54) is 6.20 Å². The van der Waals surface area contributed by atoms with Gasteiger partial charge in [0.1, 0.15) is 0 Å². The molecule has 0 N–H and O–H groups in total. The second-order valence-corrected chi connectivity index (χ2v) is 9.08. The summed E-state index contributed by atoms with van der Waals surface area (Å²) in [5.74, 6) is 0.786. The molecule has 4 heterocycles. The van der Waals surface area contributed by atoms with Crippen molar-refractivity contribution in [2.24, 2.45) is 0 Å². The highest BCUT2D eigenvalue weighted by Gasteiger charge is 2.34. The van der Waals surface area contributed by atoms with Crippen LogP contribution in [0.1, 0.15) is 36.6 Å². The van der Waals surface area contributed by atoms with Gasteiger partial charge < -0.3 is 0 Å². The molecule has 0 amide bonds. The Hall–Kier alpha value is -2.72. The lowest BCUT2D eigenvalue weighted by atomic mass is 9.84. The Morgan fingerprint density at radius 2 is 1.44 bits per heavy atom. The number of hydrogen-bond donors (Lipinski definition) is 0. The molecule has 11 heteroatoms. The molecule has 166 valence electrons. The summed E-state index contributed by atoms with van der Waals surface area (Å²) >= 11 is 9.80. The van der Waals surface area contributed by atoms with Gasteiger partial charge in [-0.15, -0.1) is 0 Å². The van der Waals surface area contributed by atoms with E-state index in [-0.39, 0.29) is 5.82 Å². The molecule has 0 bridgehead atoms. The molecule has 4 aromatic heterocycles. The highest BCUT2D eigenvalue weighted by atomic mass is 79.9. The summed E-state index contributed by atoms with van der Waals surface area (Å²) in [6.07, 6.45) is -1.52. The van der Waals surface area contributed by atoms with Crippen LogP contribution in [-0.4, -0.2) is 29.5 Å². The Bertz CT molecular complexity index is 1290. The van der Waals surface area contributed by atoms with E-state index in [9.17, 15) is 13.2 Å². The van der Waals surface area contributed by atoms with Crippen LogP contribution >= 0.6 is 27.5 Å². The summed E-state index contributed by atoms with van der Waals surface area (Å²) in [6.45, 7) is 5.69. The van der Waals surface area contributed by atoms with Gasteiger partial charge in [0.05, 0.1) is 17.1 Å². The van der Waals surface area contributed by atoms with Crippen LogP contribution in [0.15, 0.2) is 53.3 Å². The van der Waals surface area contributed by atoms with Crippen LogP contribution in [0.2, 0.25) is 5.02 Å². The van der Waals surface area contributed by atoms with E-state index in [2.05, 4.69) is 31.1 Å². The molecule has 0 aliphatic carbocycles. The first kappa shape index (κ1) is 22.5. The van der Waals surface area contributed by atoms with Crippen molar-refractivity contribution in [3.05, 3.63) is 81.1 Å². The van der Waals surface area contributed by atoms with Crippen LogP contribution in [0.25, 0.3) is 11.6 Å². The first-order chi connectivity index (χ1) is 14.9. The number of alkyl halides is 3. The zero-order valence-corrected chi connectivity index (χ0v) is 19.5. The van der Waals surface area contributed by atoms with Crippen LogP contribution < -0.4 is 0 Å². The number of pyridine rings is 2. The Morgan fingerprint density at radius 3 is 2.03 bits per heavy atom. The van der Waals surface area contributed by atoms with Gasteiger partial charge in [-0.3, -0.25) is 0 Å². The topological polar surface area (TPSA) is 61.4 Å². The van der Waals surface area contributed by atoms with Gasteiger partial charge in [-0.25, -0.2) is 19.3 Å². The molecule has 0 fully saturated rings. The predicted molar refractivity (Wildman–Crippen MR) is 117 cm³/mol. The van der Waals surface area contributed by atoms with Crippen molar-refractivity contribution < 1.29 is 13.2 Å². The van der Waals surface area contributed by atoms with Crippen LogP contribution in [0.3, 0.4) is 0 Å².